The van der Waals surface area contributed by atoms with Gasteiger partial charge in [0.05, 0.1) is 11.6 Å². The van der Waals surface area contributed by atoms with E-state index in [1.807, 2.05) is 13.1 Å². The van der Waals surface area contributed by atoms with Gasteiger partial charge in [-0.1, -0.05) is 6.42 Å². The number of anilines is 1. The lowest BCUT2D eigenvalue weighted by Gasteiger charge is -2.35. The number of rotatable bonds is 3. The van der Waals surface area contributed by atoms with E-state index in [0.29, 0.717) is 11.6 Å². The van der Waals surface area contributed by atoms with Crippen LogP contribution in [0.4, 0.5) is 5.82 Å². The van der Waals surface area contributed by atoms with Crippen LogP contribution in [0.5, 0.6) is 0 Å². The third-order valence-electron chi connectivity index (χ3n) is 3.67. The number of likely N-dealkylation sites (tertiary alicyclic amines) is 1. The molecule has 18 heavy (non-hydrogen) atoms. The Labute approximate surface area is 109 Å². The maximum absolute atomic E-state index is 8.90. The third-order valence-corrected chi connectivity index (χ3v) is 3.67. The van der Waals surface area contributed by atoms with Crippen LogP contribution >= 0.6 is 0 Å². The molecule has 96 valence electrons. The van der Waals surface area contributed by atoms with Gasteiger partial charge in [0, 0.05) is 25.8 Å². The summed E-state index contributed by atoms with van der Waals surface area (Å²) in [5, 5.41) is 8.90. The molecule has 0 aromatic carbocycles. The quantitative estimate of drug-likeness (QED) is 0.814. The maximum atomic E-state index is 8.90. The van der Waals surface area contributed by atoms with Crippen molar-refractivity contribution in [1.82, 2.24) is 9.88 Å². The summed E-state index contributed by atoms with van der Waals surface area (Å²) in [5.41, 5.74) is 0.670. The minimum atomic E-state index is 0.594. The van der Waals surface area contributed by atoms with Gasteiger partial charge in [0.1, 0.15) is 5.82 Å². The van der Waals surface area contributed by atoms with Crippen molar-refractivity contribution in [2.75, 3.05) is 32.1 Å². The molecule has 0 aliphatic carbocycles. The molecule has 0 bridgehead atoms. The first-order valence-electron chi connectivity index (χ1n) is 6.48. The molecule has 1 fully saturated rings. The van der Waals surface area contributed by atoms with E-state index in [-0.39, 0.29) is 0 Å². The lowest BCUT2D eigenvalue weighted by molar-refractivity contribution is 0.189. The predicted molar refractivity (Wildman–Crippen MR) is 72.5 cm³/mol. The minimum absolute atomic E-state index is 0.594. The van der Waals surface area contributed by atoms with Crippen LogP contribution in [0.3, 0.4) is 0 Å². The van der Waals surface area contributed by atoms with Crippen molar-refractivity contribution < 1.29 is 0 Å². The Balaban J connectivity index is 2.02. The van der Waals surface area contributed by atoms with Gasteiger partial charge < -0.3 is 9.80 Å². The largest absolute Gasteiger partial charge is 0.358 e. The number of piperidine rings is 1. The maximum Gasteiger partial charge on any atom is 0.129 e. The normalized spacial score (nSPS) is 20.4. The fourth-order valence-corrected chi connectivity index (χ4v) is 2.48. The van der Waals surface area contributed by atoms with E-state index in [1.54, 1.807) is 12.3 Å². The van der Waals surface area contributed by atoms with Crippen LogP contribution < -0.4 is 4.90 Å². The van der Waals surface area contributed by atoms with E-state index >= 15 is 0 Å². The van der Waals surface area contributed by atoms with Crippen LogP contribution in [0.25, 0.3) is 0 Å². The molecule has 0 saturated carbocycles. The first-order valence-corrected chi connectivity index (χ1v) is 6.48. The third kappa shape index (κ3) is 2.99. The Morgan fingerprint density at radius 3 is 3.11 bits per heavy atom. The molecular weight excluding hydrogens is 224 g/mol. The number of hydrogen-bond acceptors (Lipinski definition) is 4. The summed E-state index contributed by atoms with van der Waals surface area (Å²) in [6.45, 7) is 2.16. The predicted octanol–water partition coefficient (Wildman–Crippen LogP) is 1.87. The van der Waals surface area contributed by atoms with E-state index in [0.717, 1.165) is 12.4 Å². The highest BCUT2D eigenvalue weighted by atomic mass is 15.2. The SMILES string of the molecule is CN(C[C@@H]1CCCCN1C)c1cc(C#N)ccn1. The molecule has 2 heterocycles. The van der Waals surface area contributed by atoms with Crippen LogP contribution in [0.2, 0.25) is 0 Å². The molecule has 0 spiro atoms. The van der Waals surface area contributed by atoms with Gasteiger partial charge in [-0.25, -0.2) is 4.98 Å². The summed E-state index contributed by atoms with van der Waals surface area (Å²) < 4.78 is 0. The highest BCUT2D eigenvalue weighted by molar-refractivity contribution is 5.44. The number of hydrogen-bond donors (Lipinski definition) is 0. The average Bonchev–Trinajstić information content (AvgIpc) is 2.41. The second kappa shape index (κ2) is 5.83. The molecule has 1 saturated heterocycles. The highest BCUT2D eigenvalue weighted by Crippen LogP contribution is 2.18. The smallest absolute Gasteiger partial charge is 0.129 e. The van der Waals surface area contributed by atoms with Crippen molar-refractivity contribution in [2.24, 2.45) is 0 Å². The van der Waals surface area contributed by atoms with E-state index in [9.17, 15) is 0 Å². The Hall–Kier alpha value is -1.60. The van der Waals surface area contributed by atoms with Gasteiger partial charge >= 0.3 is 0 Å². The molecule has 0 unspecified atom stereocenters. The molecule has 2 rings (SSSR count). The first-order chi connectivity index (χ1) is 8.70. The molecular formula is C14H20N4. The molecule has 1 aliphatic rings. The lowest BCUT2D eigenvalue weighted by Crippen LogP contribution is -2.43. The zero-order chi connectivity index (χ0) is 13.0. The summed E-state index contributed by atoms with van der Waals surface area (Å²) in [6, 6.07) is 6.34. The fraction of sp³-hybridized carbons (Fsp3) is 0.571. The Kier molecular flexibility index (Phi) is 4.16. The zero-order valence-electron chi connectivity index (χ0n) is 11.1. The summed E-state index contributed by atoms with van der Waals surface area (Å²) in [6.07, 6.45) is 5.57. The fourth-order valence-electron chi connectivity index (χ4n) is 2.48. The topological polar surface area (TPSA) is 43.2 Å². The highest BCUT2D eigenvalue weighted by Gasteiger charge is 2.20. The Morgan fingerprint density at radius 2 is 2.39 bits per heavy atom. The molecule has 1 aromatic rings. The van der Waals surface area contributed by atoms with Crippen LogP contribution in [0.1, 0.15) is 24.8 Å². The Morgan fingerprint density at radius 1 is 1.56 bits per heavy atom. The number of likely N-dealkylation sites (N-methyl/N-ethyl adjacent to an activating group) is 2. The second-order valence-electron chi connectivity index (χ2n) is 5.03. The number of pyridine rings is 1. The molecule has 0 amide bonds. The van der Waals surface area contributed by atoms with Crippen molar-refractivity contribution in [3.05, 3.63) is 23.9 Å². The molecule has 0 N–H and O–H groups in total. The number of aromatic nitrogens is 1. The van der Waals surface area contributed by atoms with Crippen LogP contribution in [-0.2, 0) is 0 Å². The van der Waals surface area contributed by atoms with Crippen molar-refractivity contribution in [2.45, 2.75) is 25.3 Å². The van der Waals surface area contributed by atoms with Gasteiger partial charge in [0.15, 0.2) is 0 Å². The molecule has 4 nitrogen and oxygen atoms in total. The lowest BCUT2D eigenvalue weighted by atomic mass is 10.0. The van der Waals surface area contributed by atoms with E-state index in [1.165, 1.54) is 25.8 Å². The van der Waals surface area contributed by atoms with Gasteiger partial charge in [-0.15, -0.1) is 0 Å². The van der Waals surface area contributed by atoms with Gasteiger partial charge in [0.25, 0.3) is 0 Å². The molecule has 1 aromatic heterocycles. The van der Waals surface area contributed by atoms with Crippen LogP contribution in [0, 0.1) is 11.3 Å². The van der Waals surface area contributed by atoms with E-state index < -0.39 is 0 Å². The summed E-state index contributed by atoms with van der Waals surface area (Å²) in [7, 11) is 4.24. The minimum Gasteiger partial charge on any atom is -0.358 e. The monoisotopic (exact) mass is 244 g/mol. The average molecular weight is 244 g/mol. The van der Waals surface area contributed by atoms with Crippen molar-refractivity contribution in [3.8, 4) is 6.07 Å². The van der Waals surface area contributed by atoms with Crippen molar-refractivity contribution >= 4 is 5.82 Å². The van der Waals surface area contributed by atoms with E-state index in [2.05, 4.69) is 27.9 Å². The van der Waals surface area contributed by atoms with Gasteiger partial charge in [-0.05, 0) is 38.6 Å². The second-order valence-corrected chi connectivity index (χ2v) is 5.03. The summed E-state index contributed by atoms with van der Waals surface area (Å²) in [4.78, 5) is 8.91. The van der Waals surface area contributed by atoms with Crippen molar-refractivity contribution in [3.63, 3.8) is 0 Å². The number of nitriles is 1. The number of nitrogens with zero attached hydrogens (tertiary/aromatic N) is 4. The van der Waals surface area contributed by atoms with Crippen molar-refractivity contribution in [1.29, 1.82) is 5.26 Å². The zero-order valence-corrected chi connectivity index (χ0v) is 11.1. The molecule has 4 heteroatoms. The van der Waals surface area contributed by atoms with Gasteiger partial charge in [-0.3, -0.25) is 0 Å². The summed E-state index contributed by atoms with van der Waals surface area (Å²) >= 11 is 0. The van der Waals surface area contributed by atoms with Gasteiger partial charge in [0.2, 0.25) is 0 Å². The van der Waals surface area contributed by atoms with Crippen LogP contribution in [0.15, 0.2) is 18.3 Å². The molecule has 1 aliphatic heterocycles. The first kappa shape index (κ1) is 12.8. The van der Waals surface area contributed by atoms with Crippen LogP contribution in [-0.4, -0.2) is 43.1 Å². The molecule has 1 atom stereocenters. The summed E-state index contributed by atoms with van der Waals surface area (Å²) in [5.74, 6) is 0.882. The molecule has 0 radical (unpaired) electrons. The standard InChI is InChI=1S/C14H20N4/c1-17-8-4-3-5-13(17)11-18(2)14-9-12(10-15)6-7-16-14/h6-7,9,13H,3-5,8,11H2,1-2H3/t13-/m0/s1. The Bertz CT molecular complexity index is 438. The van der Waals surface area contributed by atoms with Gasteiger partial charge in [-0.2, -0.15) is 5.26 Å². The van der Waals surface area contributed by atoms with E-state index in [4.69, 9.17) is 5.26 Å².